The standard InChI is InChI=1S/C18H23N3O/c1-18(2,12-13-8-4-3-5-9-13)19-17(22)16-14-10-6-7-11-15(14)20-21-16/h3-5,8-9H,6-7,10-12H2,1-2H3,(H,19,22)(H,20,21). The number of nitrogens with one attached hydrogen (secondary N) is 2. The Balaban J connectivity index is 1.72. The van der Waals surface area contributed by atoms with Crippen LogP contribution >= 0.6 is 0 Å². The van der Waals surface area contributed by atoms with E-state index in [1.54, 1.807) is 0 Å². The molecule has 4 nitrogen and oxygen atoms in total. The van der Waals surface area contributed by atoms with Gasteiger partial charge in [0.1, 0.15) is 0 Å². The first-order chi connectivity index (χ1) is 10.6. The Morgan fingerprint density at radius 3 is 2.73 bits per heavy atom. The summed E-state index contributed by atoms with van der Waals surface area (Å²) in [4.78, 5) is 12.6. The van der Waals surface area contributed by atoms with Crippen molar-refractivity contribution in [2.24, 2.45) is 0 Å². The molecule has 1 amide bonds. The topological polar surface area (TPSA) is 57.8 Å². The van der Waals surface area contributed by atoms with Gasteiger partial charge in [-0.25, -0.2) is 0 Å². The van der Waals surface area contributed by atoms with Crippen molar-refractivity contribution in [3.8, 4) is 0 Å². The number of fused-ring (bicyclic) bond motifs is 1. The van der Waals surface area contributed by atoms with Gasteiger partial charge in [-0.2, -0.15) is 5.10 Å². The van der Waals surface area contributed by atoms with E-state index in [4.69, 9.17) is 0 Å². The molecule has 4 heteroatoms. The highest BCUT2D eigenvalue weighted by Gasteiger charge is 2.26. The fraction of sp³-hybridized carbons (Fsp3) is 0.444. The van der Waals surface area contributed by atoms with Gasteiger partial charge in [-0.05, 0) is 51.5 Å². The zero-order valence-corrected chi connectivity index (χ0v) is 13.3. The molecule has 1 aromatic heterocycles. The summed E-state index contributed by atoms with van der Waals surface area (Å²) >= 11 is 0. The minimum absolute atomic E-state index is 0.0691. The van der Waals surface area contributed by atoms with Crippen LogP contribution in [0.2, 0.25) is 0 Å². The van der Waals surface area contributed by atoms with Crippen molar-refractivity contribution in [2.75, 3.05) is 0 Å². The smallest absolute Gasteiger partial charge is 0.272 e. The van der Waals surface area contributed by atoms with Crippen LogP contribution in [0.5, 0.6) is 0 Å². The van der Waals surface area contributed by atoms with E-state index < -0.39 is 0 Å². The fourth-order valence-corrected chi connectivity index (χ4v) is 3.19. The number of aryl methyl sites for hydroxylation is 1. The first-order valence-electron chi connectivity index (χ1n) is 7.98. The van der Waals surface area contributed by atoms with Gasteiger partial charge >= 0.3 is 0 Å². The van der Waals surface area contributed by atoms with Crippen molar-refractivity contribution in [1.82, 2.24) is 15.5 Å². The predicted octanol–water partition coefficient (Wildman–Crippen LogP) is 3.04. The number of benzene rings is 1. The molecule has 1 aromatic carbocycles. The highest BCUT2D eigenvalue weighted by Crippen LogP contribution is 2.23. The molecular weight excluding hydrogens is 274 g/mol. The average molecular weight is 297 g/mol. The SMILES string of the molecule is CC(C)(Cc1ccccc1)NC(=O)c1n[nH]c2c1CCCC2. The lowest BCUT2D eigenvalue weighted by atomic mass is 9.93. The summed E-state index contributed by atoms with van der Waals surface area (Å²) in [7, 11) is 0. The van der Waals surface area contributed by atoms with Crippen LogP contribution in [0.15, 0.2) is 30.3 Å². The van der Waals surface area contributed by atoms with Crippen LogP contribution in [0.3, 0.4) is 0 Å². The summed E-state index contributed by atoms with van der Waals surface area (Å²) in [5.41, 5.74) is 3.74. The van der Waals surface area contributed by atoms with E-state index in [2.05, 4.69) is 41.5 Å². The van der Waals surface area contributed by atoms with Crippen molar-refractivity contribution >= 4 is 5.91 Å². The predicted molar refractivity (Wildman–Crippen MR) is 86.9 cm³/mol. The summed E-state index contributed by atoms with van der Waals surface area (Å²) in [5, 5.41) is 10.4. The number of hydrogen-bond acceptors (Lipinski definition) is 2. The molecule has 0 unspecified atom stereocenters. The molecule has 0 atom stereocenters. The molecule has 2 N–H and O–H groups in total. The molecule has 0 radical (unpaired) electrons. The van der Waals surface area contributed by atoms with Gasteiger partial charge in [0.2, 0.25) is 0 Å². The van der Waals surface area contributed by atoms with Crippen LogP contribution in [-0.4, -0.2) is 21.6 Å². The summed E-state index contributed by atoms with van der Waals surface area (Å²) in [5.74, 6) is -0.0691. The zero-order valence-electron chi connectivity index (χ0n) is 13.3. The number of H-pyrrole nitrogens is 1. The lowest BCUT2D eigenvalue weighted by Gasteiger charge is -2.26. The molecule has 116 valence electrons. The fourth-order valence-electron chi connectivity index (χ4n) is 3.19. The number of rotatable bonds is 4. The molecule has 0 saturated heterocycles. The first kappa shape index (κ1) is 14.8. The summed E-state index contributed by atoms with van der Waals surface area (Å²) in [6, 6.07) is 10.2. The van der Waals surface area contributed by atoms with Crippen LogP contribution in [-0.2, 0) is 19.3 Å². The number of aromatic nitrogens is 2. The van der Waals surface area contributed by atoms with Crippen LogP contribution in [0.4, 0.5) is 0 Å². The third kappa shape index (κ3) is 3.21. The van der Waals surface area contributed by atoms with Gasteiger partial charge in [0.15, 0.2) is 5.69 Å². The van der Waals surface area contributed by atoms with Crippen LogP contribution < -0.4 is 5.32 Å². The molecule has 0 spiro atoms. The van der Waals surface area contributed by atoms with Crippen molar-refractivity contribution in [2.45, 2.75) is 51.5 Å². The highest BCUT2D eigenvalue weighted by atomic mass is 16.2. The van der Waals surface area contributed by atoms with E-state index in [0.29, 0.717) is 5.69 Å². The minimum atomic E-state index is -0.307. The quantitative estimate of drug-likeness (QED) is 0.911. The Morgan fingerprint density at radius 1 is 1.23 bits per heavy atom. The minimum Gasteiger partial charge on any atom is -0.345 e. The van der Waals surface area contributed by atoms with Crippen molar-refractivity contribution in [3.05, 3.63) is 52.8 Å². The highest BCUT2D eigenvalue weighted by molar-refractivity contribution is 5.94. The van der Waals surface area contributed by atoms with E-state index >= 15 is 0 Å². The average Bonchev–Trinajstić information content (AvgIpc) is 2.91. The molecule has 22 heavy (non-hydrogen) atoms. The number of aromatic amines is 1. The van der Waals surface area contributed by atoms with E-state index in [0.717, 1.165) is 36.9 Å². The summed E-state index contributed by atoms with van der Waals surface area (Å²) < 4.78 is 0. The lowest BCUT2D eigenvalue weighted by molar-refractivity contribution is 0.0906. The molecule has 2 aromatic rings. The number of amides is 1. The third-order valence-corrected chi connectivity index (χ3v) is 4.21. The molecular formula is C18H23N3O. The molecule has 0 fully saturated rings. The monoisotopic (exact) mass is 297 g/mol. The largest absolute Gasteiger partial charge is 0.345 e. The number of carbonyl (C=O) groups is 1. The summed E-state index contributed by atoms with van der Waals surface area (Å²) in [6.07, 6.45) is 5.07. The maximum absolute atomic E-state index is 12.6. The molecule has 1 aliphatic rings. The maximum atomic E-state index is 12.6. The molecule has 0 bridgehead atoms. The third-order valence-electron chi connectivity index (χ3n) is 4.21. The Labute approximate surface area is 131 Å². The van der Waals surface area contributed by atoms with Gasteiger partial charge in [-0.1, -0.05) is 30.3 Å². The van der Waals surface area contributed by atoms with Gasteiger partial charge in [0.05, 0.1) is 0 Å². The van der Waals surface area contributed by atoms with E-state index in [9.17, 15) is 4.79 Å². The maximum Gasteiger partial charge on any atom is 0.272 e. The van der Waals surface area contributed by atoms with Crippen molar-refractivity contribution in [3.63, 3.8) is 0 Å². The lowest BCUT2D eigenvalue weighted by Crippen LogP contribution is -2.45. The van der Waals surface area contributed by atoms with Crippen LogP contribution in [0.1, 0.15) is 54.0 Å². The Bertz CT molecular complexity index is 658. The number of hydrogen-bond donors (Lipinski definition) is 2. The van der Waals surface area contributed by atoms with E-state index in [1.807, 2.05) is 18.2 Å². The normalized spacial score (nSPS) is 14.5. The Kier molecular flexibility index (Phi) is 4.01. The molecule has 0 saturated carbocycles. The van der Waals surface area contributed by atoms with Crippen molar-refractivity contribution in [1.29, 1.82) is 0 Å². The van der Waals surface area contributed by atoms with Gasteiger partial charge in [0, 0.05) is 16.8 Å². The Hall–Kier alpha value is -2.10. The molecule has 1 aliphatic carbocycles. The van der Waals surface area contributed by atoms with Gasteiger partial charge in [-0.15, -0.1) is 0 Å². The second kappa shape index (κ2) is 5.95. The second-order valence-electron chi connectivity index (χ2n) is 6.74. The second-order valence-corrected chi connectivity index (χ2v) is 6.74. The first-order valence-corrected chi connectivity index (χ1v) is 7.98. The summed E-state index contributed by atoms with van der Waals surface area (Å²) in [6.45, 7) is 4.11. The van der Waals surface area contributed by atoms with Crippen molar-refractivity contribution < 1.29 is 4.79 Å². The number of nitrogens with zero attached hydrogens (tertiary/aromatic N) is 1. The Morgan fingerprint density at radius 2 is 1.95 bits per heavy atom. The van der Waals surface area contributed by atoms with Crippen LogP contribution in [0, 0.1) is 0 Å². The van der Waals surface area contributed by atoms with E-state index in [1.165, 1.54) is 12.0 Å². The zero-order chi connectivity index (χ0) is 15.6. The van der Waals surface area contributed by atoms with Gasteiger partial charge < -0.3 is 5.32 Å². The van der Waals surface area contributed by atoms with Gasteiger partial charge in [-0.3, -0.25) is 9.89 Å². The number of carbonyl (C=O) groups excluding carboxylic acids is 1. The molecule has 0 aliphatic heterocycles. The molecule has 1 heterocycles. The molecule has 3 rings (SSSR count). The van der Waals surface area contributed by atoms with E-state index in [-0.39, 0.29) is 11.4 Å². The van der Waals surface area contributed by atoms with Crippen LogP contribution in [0.25, 0.3) is 0 Å². The van der Waals surface area contributed by atoms with Gasteiger partial charge in [0.25, 0.3) is 5.91 Å².